The van der Waals surface area contributed by atoms with Crippen molar-refractivity contribution in [2.45, 2.75) is 4.90 Å². The molecule has 0 spiro atoms. The molecule has 0 aliphatic rings. The smallest absolute Gasteiger partial charge is 0.326 e. The van der Waals surface area contributed by atoms with E-state index < -0.39 is 22.5 Å². The van der Waals surface area contributed by atoms with E-state index in [0.717, 1.165) is 15.1 Å². The topological polar surface area (TPSA) is 72.9 Å². The van der Waals surface area contributed by atoms with Crippen molar-refractivity contribution in [3.8, 4) is 5.75 Å². The van der Waals surface area contributed by atoms with Crippen LogP contribution in [-0.2, 0) is 19.6 Å². The van der Waals surface area contributed by atoms with Crippen LogP contribution in [0.5, 0.6) is 5.75 Å². The van der Waals surface area contributed by atoms with Gasteiger partial charge >= 0.3 is 5.97 Å². The highest BCUT2D eigenvalue weighted by atomic mass is 32.2. The van der Waals surface area contributed by atoms with Crippen molar-refractivity contribution in [2.24, 2.45) is 0 Å². The van der Waals surface area contributed by atoms with E-state index in [4.69, 9.17) is 4.74 Å². The molecule has 0 aliphatic heterocycles. The number of esters is 1. The molecule has 0 radical (unpaired) electrons. The molecular weight excluding hydrogens is 366 g/mol. The Morgan fingerprint density at radius 1 is 0.926 bits per heavy atom. The number of anilines is 1. The quantitative estimate of drug-likeness (QED) is 0.609. The molecule has 0 aliphatic carbocycles. The van der Waals surface area contributed by atoms with E-state index in [1.54, 1.807) is 36.4 Å². The zero-order valence-corrected chi connectivity index (χ0v) is 15.8. The summed E-state index contributed by atoms with van der Waals surface area (Å²) in [5.41, 5.74) is 0.342. The van der Waals surface area contributed by atoms with E-state index in [-0.39, 0.29) is 4.90 Å². The van der Waals surface area contributed by atoms with E-state index in [1.807, 2.05) is 24.3 Å². The minimum atomic E-state index is -3.98. The number of nitrogens with zero attached hydrogens (tertiary/aromatic N) is 1. The number of methoxy groups -OCH3 is 2. The molecule has 0 heterocycles. The summed E-state index contributed by atoms with van der Waals surface area (Å²) >= 11 is 0. The van der Waals surface area contributed by atoms with Crippen molar-refractivity contribution in [1.29, 1.82) is 0 Å². The average molecular weight is 385 g/mol. The molecule has 3 aromatic rings. The summed E-state index contributed by atoms with van der Waals surface area (Å²) in [6.07, 6.45) is 0. The summed E-state index contributed by atoms with van der Waals surface area (Å²) < 4.78 is 37.4. The predicted molar refractivity (Wildman–Crippen MR) is 103 cm³/mol. The molecule has 3 rings (SSSR count). The SMILES string of the molecule is COC(=O)CN(c1ccc(OC)cc1)S(=O)(=O)c1ccc2ccccc2c1. The average Bonchev–Trinajstić information content (AvgIpc) is 2.71. The maximum atomic E-state index is 13.3. The fourth-order valence-electron chi connectivity index (χ4n) is 2.70. The van der Waals surface area contributed by atoms with Crippen molar-refractivity contribution >= 4 is 32.5 Å². The largest absolute Gasteiger partial charge is 0.497 e. The van der Waals surface area contributed by atoms with Crippen molar-refractivity contribution in [3.05, 3.63) is 66.7 Å². The van der Waals surface area contributed by atoms with Crippen LogP contribution in [0.25, 0.3) is 10.8 Å². The van der Waals surface area contributed by atoms with Crippen molar-refractivity contribution in [1.82, 2.24) is 0 Å². The predicted octanol–water partition coefficient (Wildman–Crippen LogP) is 3.22. The number of rotatable bonds is 6. The minimum absolute atomic E-state index is 0.0981. The number of hydrogen-bond donors (Lipinski definition) is 0. The second kappa shape index (κ2) is 7.67. The summed E-state index contributed by atoms with van der Waals surface area (Å²) in [7, 11) is -1.24. The molecule has 0 bridgehead atoms. The number of fused-ring (bicyclic) bond motifs is 1. The standard InChI is InChI=1S/C20H19NO5S/c1-25-18-10-8-17(9-11-18)21(14-20(22)26-2)27(23,24)19-12-7-15-5-3-4-6-16(15)13-19/h3-13H,14H2,1-2H3. The Morgan fingerprint density at radius 2 is 1.59 bits per heavy atom. The highest BCUT2D eigenvalue weighted by molar-refractivity contribution is 7.92. The third kappa shape index (κ3) is 3.88. The molecule has 0 atom stereocenters. The van der Waals surface area contributed by atoms with Gasteiger partial charge in [0.2, 0.25) is 0 Å². The lowest BCUT2D eigenvalue weighted by molar-refractivity contribution is -0.138. The van der Waals surface area contributed by atoms with Crippen LogP contribution >= 0.6 is 0 Å². The van der Waals surface area contributed by atoms with Gasteiger partial charge in [0, 0.05) is 0 Å². The Hall–Kier alpha value is -3.06. The van der Waals surface area contributed by atoms with Crippen LogP contribution in [0.3, 0.4) is 0 Å². The molecule has 3 aromatic carbocycles. The molecule has 0 fully saturated rings. The molecular formula is C20H19NO5S. The number of carbonyl (C=O) groups excluding carboxylic acids is 1. The highest BCUT2D eigenvalue weighted by Gasteiger charge is 2.27. The fourth-order valence-corrected chi connectivity index (χ4v) is 4.15. The van der Waals surface area contributed by atoms with Gasteiger partial charge < -0.3 is 9.47 Å². The summed E-state index contributed by atoms with van der Waals surface area (Å²) in [5.74, 6) is -0.0740. The molecule has 0 unspecified atom stereocenters. The number of hydrogen-bond acceptors (Lipinski definition) is 5. The van der Waals surface area contributed by atoms with Crippen LogP contribution < -0.4 is 9.04 Å². The number of benzene rings is 3. The van der Waals surface area contributed by atoms with Gasteiger partial charge in [0.05, 0.1) is 24.8 Å². The highest BCUT2D eigenvalue weighted by Crippen LogP contribution is 2.27. The number of carbonyl (C=O) groups is 1. The van der Waals surface area contributed by atoms with Crippen LogP contribution in [0.4, 0.5) is 5.69 Å². The first-order valence-corrected chi connectivity index (χ1v) is 9.62. The first kappa shape index (κ1) is 18.7. The van der Waals surface area contributed by atoms with Gasteiger partial charge in [-0.3, -0.25) is 9.10 Å². The third-order valence-corrected chi connectivity index (χ3v) is 5.94. The zero-order chi connectivity index (χ0) is 19.4. The summed E-state index contributed by atoms with van der Waals surface area (Å²) in [6.45, 7) is -0.433. The van der Waals surface area contributed by atoms with Crippen molar-refractivity contribution < 1.29 is 22.7 Å². The van der Waals surface area contributed by atoms with Crippen molar-refractivity contribution in [2.75, 3.05) is 25.1 Å². The maximum Gasteiger partial charge on any atom is 0.326 e. The first-order valence-electron chi connectivity index (χ1n) is 8.18. The molecule has 140 valence electrons. The van der Waals surface area contributed by atoms with Gasteiger partial charge in [-0.25, -0.2) is 8.42 Å². The van der Waals surface area contributed by atoms with E-state index in [0.29, 0.717) is 11.4 Å². The summed E-state index contributed by atoms with van der Waals surface area (Å²) in [6, 6.07) is 18.8. The lowest BCUT2D eigenvalue weighted by Crippen LogP contribution is -2.36. The number of sulfonamides is 1. The van der Waals surface area contributed by atoms with E-state index >= 15 is 0 Å². The van der Waals surface area contributed by atoms with E-state index in [9.17, 15) is 13.2 Å². The van der Waals surface area contributed by atoms with Crippen LogP contribution in [0, 0.1) is 0 Å². The monoisotopic (exact) mass is 385 g/mol. The molecule has 0 saturated carbocycles. The van der Waals surface area contributed by atoms with Gasteiger partial charge in [-0.1, -0.05) is 30.3 Å². The lowest BCUT2D eigenvalue weighted by Gasteiger charge is -2.23. The summed E-state index contributed by atoms with van der Waals surface area (Å²) in [5, 5.41) is 1.73. The van der Waals surface area contributed by atoms with E-state index in [1.165, 1.54) is 20.3 Å². The van der Waals surface area contributed by atoms with Gasteiger partial charge in [-0.05, 0) is 47.2 Å². The van der Waals surface area contributed by atoms with Gasteiger partial charge in [0.25, 0.3) is 10.0 Å². The van der Waals surface area contributed by atoms with Crippen LogP contribution in [0.15, 0.2) is 71.6 Å². The Kier molecular flexibility index (Phi) is 5.32. The Labute approximate surface area is 158 Å². The number of ether oxygens (including phenoxy) is 2. The molecule has 0 saturated heterocycles. The van der Waals surface area contributed by atoms with Gasteiger partial charge in [0.1, 0.15) is 12.3 Å². The Bertz CT molecular complexity index is 1060. The zero-order valence-electron chi connectivity index (χ0n) is 15.0. The normalized spacial score (nSPS) is 11.2. The van der Waals surface area contributed by atoms with Crippen LogP contribution in [-0.4, -0.2) is 35.2 Å². The third-order valence-electron chi connectivity index (χ3n) is 4.17. The van der Waals surface area contributed by atoms with Crippen LogP contribution in [0.2, 0.25) is 0 Å². The molecule has 0 amide bonds. The summed E-state index contributed by atoms with van der Waals surface area (Å²) in [4.78, 5) is 12.0. The van der Waals surface area contributed by atoms with Gasteiger partial charge in [-0.2, -0.15) is 0 Å². The van der Waals surface area contributed by atoms with Crippen LogP contribution in [0.1, 0.15) is 0 Å². The molecule has 0 N–H and O–H groups in total. The lowest BCUT2D eigenvalue weighted by atomic mass is 10.1. The molecule has 27 heavy (non-hydrogen) atoms. The van der Waals surface area contributed by atoms with Gasteiger partial charge in [0.15, 0.2) is 0 Å². The molecule has 7 heteroatoms. The second-order valence-electron chi connectivity index (χ2n) is 5.79. The second-order valence-corrected chi connectivity index (χ2v) is 7.66. The maximum absolute atomic E-state index is 13.3. The fraction of sp³-hybridized carbons (Fsp3) is 0.150. The van der Waals surface area contributed by atoms with E-state index in [2.05, 4.69) is 4.74 Å². The first-order chi connectivity index (χ1) is 13.0. The molecule has 6 nitrogen and oxygen atoms in total. The minimum Gasteiger partial charge on any atom is -0.497 e. The van der Waals surface area contributed by atoms with Crippen molar-refractivity contribution in [3.63, 3.8) is 0 Å². The Morgan fingerprint density at radius 3 is 2.22 bits per heavy atom. The van der Waals surface area contributed by atoms with Gasteiger partial charge in [-0.15, -0.1) is 0 Å². The Balaban J connectivity index is 2.08. The molecule has 0 aromatic heterocycles.